The van der Waals surface area contributed by atoms with Crippen LogP contribution in [0.3, 0.4) is 0 Å². The largest absolute Gasteiger partial charge is 0.497 e. The number of carbonyl (C=O) groups is 1. The molecule has 1 aliphatic rings. The molecule has 0 aliphatic carbocycles. The molecule has 174 valence electrons. The van der Waals surface area contributed by atoms with Crippen molar-refractivity contribution in [2.75, 3.05) is 7.11 Å². The van der Waals surface area contributed by atoms with E-state index in [-0.39, 0.29) is 17.0 Å². The molecule has 1 fully saturated rings. The van der Waals surface area contributed by atoms with E-state index < -0.39 is 30.4 Å². The summed E-state index contributed by atoms with van der Waals surface area (Å²) in [5.41, 5.74) is 0.977. The van der Waals surface area contributed by atoms with Gasteiger partial charge < -0.3 is 14.1 Å². The zero-order valence-electron chi connectivity index (χ0n) is 20.1. The average Bonchev–Trinajstić information content (AvgIpc) is 2.74. The Hall–Kier alpha value is -1.96. The number of rotatable bonds is 8. The minimum atomic E-state index is -2.08. The highest BCUT2D eigenvalue weighted by atomic mass is 32.2. The lowest BCUT2D eigenvalue weighted by Gasteiger charge is -2.50. The van der Waals surface area contributed by atoms with Crippen LogP contribution in [0, 0.1) is 5.92 Å². The Morgan fingerprint density at radius 2 is 1.66 bits per heavy atom. The molecule has 1 saturated heterocycles. The molecule has 7 heteroatoms. The molecule has 0 bridgehead atoms. The van der Waals surface area contributed by atoms with Crippen LogP contribution in [0.2, 0.25) is 18.1 Å². The third-order valence-electron chi connectivity index (χ3n) is 6.68. The lowest BCUT2D eigenvalue weighted by atomic mass is 9.92. The number of benzene rings is 2. The van der Waals surface area contributed by atoms with Crippen LogP contribution in [0.5, 0.6) is 5.75 Å². The molecule has 3 rings (SSSR count). The van der Waals surface area contributed by atoms with E-state index in [1.807, 2.05) is 61.5 Å². The Labute approximate surface area is 195 Å². The molecule has 32 heavy (non-hydrogen) atoms. The maximum absolute atomic E-state index is 13.6. The Balaban J connectivity index is 1.87. The monoisotopic (exact) mass is 473 g/mol. The van der Waals surface area contributed by atoms with Gasteiger partial charge in [-0.15, -0.1) is 0 Å². The third kappa shape index (κ3) is 5.00. The highest BCUT2D eigenvalue weighted by molar-refractivity contribution is 7.85. The van der Waals surface area contributed by atoms with E-state index in [2.05, 4.69) is 33.9 Å². The lowest BCUT2D eigenvalue weighted by Crippen LogP contribution is -2.66. The number of amides is 1. The van der Waals surface area contributed by atoms with Gasteiger partial charge in [0.15, 0.2) is 8.32 Å². The van der Waals surface area contributed by atoms with Crippen molar-refractivity contribution in [3.63, 3.8) is 0 Å². The maximum Gasteiger partial charge on any atom is 0.232 e. The molecular weight excluding hydrogens is 438 g/mol. The smallest absolute Gasteiger partial charge is 0.232 e. The third-order valence-corrected chi connectivity index (χ3v) is 13.0. The summed E-state index contributed by atoms with van der Waals surface area (Å²) in [5, 5.41) is -0.392. The van der Waals surface area contributed by atoms with Gasteiger partial charge in [-0.05, 0) is 54.9 Å². The maximum atomic E-state index is 13.6. The summed E-state index contributed by atoms with van der Waals surface area (Å²) in [4.78, 5) is 15.8. The molecule has 0 N–H and O–H groups in total. The molecule has 0 radical (unpaired) electrons. The first kappa shape index (κ1) is 24.7. The van der Waals surface area contributed by atoms with Gasteiger partial charge >= 0.3 is 0 Å². The van der Waals surface area contributed by atoms with Crippen molar-refractivity contribution in [3.8, 4) is 5.75 Å². The first-order valence-electron chi connectivity index (χ1n) is 11.0. The van der Waals surface area contributed by atoms with Gasteiger partial charge in [0.1, 0.15) is 11.1 Å². The summed E-state index contributed by atoms with van der Waals surface area (Å²) >= 11 is 0. The molecule has 1 heterocycles. The highest BCUT2D eigenvalue weighted by Crippen LogP contribution is 2.42. The second kappa shape index (κ2) is 9.49. The molecule has 0 aromatic heterocycles. The molecule has 0 spiro atoms. The number of methoxy groups -OCH3 is 1. The van der Waals surface area contributed by atoms with E-state index in [0.29, 0.717) is 6.54 Å². The van der Waals surface area contributed by atoms with Crippen molar-refractivity contribution >= 4 is 25.0 Å². The second-order valence-corrected chi connectivity index (χ2v) is 16.2. The molecule has 4 atom stereocenters. The fourth-order valence-corrected chi connectivity index (χ4v) is 6.88. The van der Waals surface area contributed by atoms with Crippen molar-refractivity contribution in [3.05, 3.63) is 60.2 Å². The number of nitrogens with zero attached hydrogens (tertiary/aromatic N) is 1. The van der Waals surface area contributed by atoms with Gasteiger partial charge in [0.25, 0.3) is 0 Å². The second-order valence-electron chi connectivity index (χ2n) is 9.92. The van der Waals surface area contributed by atoms with E-state index in [4.69, 9.17) is 9.16 Å². The van der Waals surface area contributed by atoms with Gasteiger partial charge in [-0.2, -0.15) is 0 Å². The van der Waals surface area contributed by atoms with Crippen LogP contribution in [0.4, 0.5) is 0 Å². The van der Waals surface area contributed by atoms with Crippen LogP contribution in [-0.2, 0) is 26.6 Å². The molecule has 0 saturated carbocycles. The minimum Gasteiger partial charge on any atom is -0.497 e. The van der Waals surface area contributed by atoms with Crippen LogP contribution in [0.15, 0.2) is 59.5 Å². The number of likely N-dealkylation sites (tertiary alicyclic amines) is 1. The quantitative estimate of drug-likeness (QED) is 0.391. The van der Waals surface area contributed by atoms with Gasteiger partial charge in [0, 0.05) is 11.4 Å². The number of hydrogen-bond donors (Lipinski definition) is 0. The van der Waals surface area contributed by atoms with Gasteiger partial charge in [-0.1, -0.05) is 51.1 Å². The average molecular weight is 474 g/mol. The Kier molecular flexibility index (Phi) is 7.32. The summed E-state index contributed by atoms with van der Waals surface area (Å²) in [6.45, 7) is 13.3. The van der Waals surface area contributed by atoms with Crippen LogP contribution in [0.1, 0.15) is 33.3 Å². The van der Waals surface area contributed by atoms with Crippen molar-refractivity contribution in [1.82, 2.24) is 4.90 Å². The van der Waals surface area contributed by atoms with Crippen LogP contribution in [-0.4, -0.2) is 41.9 Å². The zero-order chi connectivity index (χ0) is 23.7. The number of hydrogen-bond acceptors (Lipinski definition) is 4. The molecule has 5 nitrogen and oxygen atoms in total. The molecule has 2 aromatic rings. The SMILES string of the molecule is COc1ccc(CN2C(=O)[C@H]([C@@H](C)O[Si](C)(C)C(C)(C)C)[C@H]2S(=O)c2ccccc2)cc1. The first-order valence-corrected chi connectivity index (χ1v) is 15.2. The zero-order valence-corrected chi connectivity index (χ0v) is 21.9. The van der Waals surface area contributed by atoms with Crippen LogP contribution < -0.4 is 4.74 Å². The van der Waals surface area contributed by atoms with Crippen molar-refractivity contribution < 1.29 is 18.2 Å². The number of β-lactam (4-membered cyclic amide) rings is 1. The fourth-order valence-electron chi connectivity index (χ4n) is 3.74. The summed E-state index contributed by atoms with van der Waals surface area (Å²) in [7, 11) is -1.81. The number of ether oxygens (including phenoxy) is 1. The Morgan fingerprint density at radius 1 is 1.06 bits per heavy atom. The van der Waals surface area contributed by atoms with Gasteiger partial charge in [-0.25, -0.2) is 0 Å². The van der Waals surface area contributed by atoms with Crippen molar-refractivity contribution in [2.24, 2.45) is 5.92 Å². The van der Waals surface area contributed by atoms with Crippen LogP contribution in [0.25, 0.3) is 0 Å². The molecule has 1 unspecified atom stereocenters. The Bertz CT molecular complexity index is 956. The predicted octanol–water partition coefficient (Wildman–Crippen LogP) is 5.20. The Morgan fingerprint density at radius 3 is 2.19 bits per heavy atom. The molecule has 2 aromatic carbocycles. The molecular formula is C25H35NO4SSi. The minimum absolute atomic E-state index is 0.00121. The topological polar surface area (TPSA) is 55.8 Å². The van der Waals surface area contributed by atoms with Crippen LogP contribution >= 0.6 is 0 Å². The summed E-state index contributed by atoms with van der Waals surface area (Å²) in [6.07, 6.45) is -0.298. The first-order chi connectivity index (χ1) is 15.0. The summed E-state index contributed by atoms with van der Waals surface area (Å²) < 4.78 is 25.4. The van der Waals surface area contributed by atoms with Crippen molar-refractivity contribution in [2.45, 2.75) is 68.7 Å². The van der Waals surface area contributed by atoms with E-state index in [1.54, 1.807) is 12.0 Å². The summed E-state index contributed by atoms with van der Waals surface area (Å²) in [6, 6.07) is 17.0. The van der Waals surface area contributed by atoms with E-state index in [9.17, 15) is 9.00 Å². The normalized spacial score (nSPS) is 21.1. The van der Waals surface area contributed by atoms with Crippen molar-refractivity contribution in [1.29, 1.82) is 0 Å². The highest BCUT2D eigenvalue weighted by Gasteiger charge is 2.55. The molecule has 1 aliphatic heterocycles. The van der Waals surface area contributed by atoms with Gasteiger partial charge in [0.2, 0.25) is 5.91 Å². The summed E-state index contributed by atoms with van der Waals surface area (Å²) in [5.74, 6) is 0.340. The standard InChI is InChI=1S/C25H35NO4SSi/c1-18(30-32(6,7)25(2,3)4)22-23(27)26(17-19-13-15-20(29-5)16-14-19)24(22)31(28)21-11-9-8-10-12-21/h8-16,18,22,24H,17H2,1-7H3/t18-,22+,24-,31?/m1/s1. The number of carbonyl (C=O) groups excluding carboxylic acids is 1. The molecule has 1 amide bonds. The van der Waals surface area contributed by atoms with E-state index in [0.717, 1.165) is 16.2 Å². The fraction of sp³-hybridized carbons (Fsp3) is 0.480. The van der Waals surface area contributed by atoms with E-state index >= 15 is 0 Å². The van der Waals surface area contributed by atoms with Gasteiger partial charge in [0.05, 0.1) is 29.9 Å². The van der Waals surface area contributed by atoms with Gasteiger partial charge in [-0.3, -0.25) is 9.00 Å². The van der Waals surface area contributed by atoms with E-state index in [1.165, 1.54) is 0 Å². The predicted molar refractivity (Wildman–Crippen MR) is 131 cm³/mol. The lowest BCUT2D eigenvalue weighted by molar-refractivity contribution is -0.157.